The van der Waals surface area contributed by atoms with E-state index in [2.05, 4.69) is 10.2 Å². The monoisotopic (exact) mass is 629 g/mol. The lowest BCUT2D eigenvalue weighted by molar-refractivity contribution is -0.152. The lowest BCUT2D eigenvalue weighted by Crippen LogP contribution is -2.61. The Labute approximate surface area is 255 Å². The number of nitrogens with one attached hydrogen (secondary N) is 1. The van der Waals surface area contributed by atoms with Gasteiger partial charge in [-0.15, -0.1) is 0 Å². The fraction of sp³-hybridized carbons (Fsp3) is 0.500. The Morgan fingerprint density at radius 2 is 1.51 bits per heavy atom. The topological polar surface area (TPSA) is 102 Å². The highest BCUT2D eigenvalue weighted by molar-refractivity contribution is 7.59. The van der Waals surface area contributed by atoms with Gasteiger partial charge >= 0.3 is 0 Å². The third-order valence-corrected chi connectivity index (χ3v) is 8.75. The van der Waals surface area contributed by atoms with E-state index in [9.17, 15) is 23.5 Å². The van der Waals surface area contributed by atoms with Crippen LogP contribution in [-0.2, 0) is 10.4 Å². The van der Waals surface area contributed by atoms with E-state index in [0.29, 0.717) is 47.9 Å². The SMILES string of the molecule is C[C@@](O)(C(=O)N1CCC(N2CC(Nc3cc(Cl)c(C(=O)N4CCC(N)C4)c(Cl)c3)C2)CC1)c1cc(F)cc(F)c1.S. The summed E-state index contributed by atoms with van der Waals surface area (Å²) in [7, 11) is 0. The highest BCUT2D eigenvalue weighted by Gasteiger charge is 2.40. The fourth-order valence-corrected chi connectivity index (χ4v) is 6.48. The standard InChI is InChI=1S/C28H33Cl2F2N5O3.H2S/c1-28(40,16-8-17(31)10-18(32)9-16)27(39)35-6-3-22(4-7-35)37-14-21(15-37)34-20-11-23(29)25(24(30)12-20)26(38)36-5-2-19(33)13-36;/h8-12,19,21-22,34,40H,2-7,13-15,33H2,1H3;1H2/t19?,28-;/m0./s1. The predicted octanol–water partition coefficient (Wildman–Crippen LogP) is 3.55. The van der Waals surface area contributed by atoms with Gasteiger partial charge in [0.15, 0.2) is 5.60 Å². The molecule has 3 aliphatic rings. The molecule has 5 rings (SSSR count). The van der Waals surface area contributed by atoms with Crippen LogP contribution in [0.2, 0.25) is 10.0 Å². The van der Waals surface area contributed by atoms with Gasteiger partial charge in [0.05, 0.1) is 21.7 Å². The summed E-state index contributed by atoms with van der Waals surface area (Å²) in [6.45, 7) is 4.81. The first-order valence-electron chi connectivity index (χ1n) is 13.4. The summed E-state index contributed by atoms with van der Waals surface area (Å²) < 4.78 is 27.3. The van der Waals surface area contributed by atoms with E-state index in [1.54, 1.807) is 21.9 Å². The minimum absolute atomic E-state index is 0. The van der Waals surface area contributed by atoms with Crippen molar-refractivity contribution < 1.29 is 23.5 Å². The number of piperidine rings is 1. The van der Waals surface area contributed by atoms with E-state index in [1.165, 1.54) is 6.92 Å². The molecule has 0 aromatic heterocycles. The molecule has 41 heavy (non-hydrogen) atoms. The molecule has 3 aliphatic heterocycles. The van der Waals surface area contributed by atoms with Crippen molar-refractivity contribution in [2.75, 3.05) is 44.6 Å². The molecule has 2 atom stereocenters. The molecule has 1 unspecified atom stereocenters. The number of halogens is 4. The minimum Gasteiger partial charge on any atom is -0.380 e. The molecule has 0 saturated carbocycles. The van der Waals surface area contributed by atoms with E-state index in [-0.39, 0.29) is 43.1 Å². The number of carbonyl (C=O) groups is 2. The summed E-state index contributed by atoms with van der Waals surface area (Å²) in [4.78, 5) is 31.5. The van der Waals surface area contributed by atoms with Gasteiger partial charge in [0.25, 0.3) is 11.8 Å². The van der Waals surface area contributed by atoms with E-state index < -0.39 is 23.1 Å². The van der Waals surface area contributed by atoms with E-state index in [0.717, 1.165) is 50.2 Å². The molecule has 13 heteroatoms. The zero-order valence-electron chi connectivity index (χ0n) is 22.7. The Balaban J connectivity index is 0.00000387. The lowest BCUT2D eigenvalue weighted by atomic mass is 9.91. The fourth-order valence-electron chi connectivity index (χ4n) is 5.83. The van der Waals surface area contributed by atoms with Crippen molar-refractivity contribution in [1.29, 1.82) is 0 Å². The average Bonchev–Trinajstić information content (AvgIpc) is 3.31. The van der Waals surface area contributed by atoms with Crippen molar-refractivity contribution in [1.82, 2.24) is 14.7 Å². The van der Waals surface area contributed by atoms with Gasteiger partial charge in [0, 0.05) is 63.1 Å². The van der Waals surface area contributed by atoms with Gasteiger partial charge in [-0.05, 0) is 56.0 Å². The number of anilines is 1. The third kappa shape index (κ3) is 6.76. The maximum Gasteiger partial charge on any atom is 0.258 e. The van der Waals surface area contributed by atoms with Gasteiger partial charge in [-0.3, -0.25) is 14.5 Å². The molecular formula is C28H35Cl2F2N5O3S. The number of amides is 2. The molecule has 2 amide bonds. The van der Waals surface area contributed by atoms with Crippen LogP contribution in [0.5, 0.6) is 0 Å². The first kappa shape index (κ1) is 31.8. The summed E-state index contributed by atoms with van der Waals surface area (Å²) in [6.07, 6.45) is 2.20. The second-order valence-electron chi connectivity index (χ2n) is 11.2. The molecule has 2 aromatic rings. The zero-order valence-corrected chi connectivity index (χ0v) is 25.2. The highest BCUT2D eigenvalue weighted by atomic mass is 35.5. The summed E-state index contributed by atoms with van der Waals surface area (Å²) in [5.41, 5.74) is 4.83. The molecule has 3 saturated heterocycles. The van der Waals surface area contributed by atoms with Crippen molar-refractivity contribution >= 4 is 54.2 Å². The second kappa shape index (κ2) is 12.6. The number of hydrogen-bond donors (Lipinski definition) is 3. The van der Waals surface area contributed by atoms with E-state index in [1.807, 2.05) is 0 Å². The number of hydrogen-bond acceptors (Lipinski definition) is 6. The van der Waals surface area contributed by atoms with Crippen LogP contribution in [0.25, 0.3) is 0 Å². The van der Waals surface area contributed by atoms with Crippen LogP contribution in [0.15, 0.2) is 30.3 Å². The van der Waals surface area contributed by atoms with Gasteiger partial charge in [0.2, 0.25) is 0 Å². The molecular weight excluding hydrogens is 595 g/mol. The second-order valence-corrected chi connectivity index (χ2v) is 12.0. The van der Waals surface area contributed by atoms with Crippen LogP contribution >= 0.6 is 36.7 Å². The number of nitrogens with two attached hydrogens (primary N) is 1. The van der Waals surface area contributed by atoms with Crippen LogP contribution in [0.3, 0.4) is 0 Å². The highest BCUT2D eigenvalue weighted by Crippen LogP contribution is 2.33. The number of benzene rings is 2. The summed E-state index contributed by atoms with van der Waals surface area (Å²) >= 11 is 12.9. The summed E-state index contributed by atoms with van der Waals surface area (Å²) in [6, 6.07) is 6.53. The Kier molecular flexibility index (Phi) is 9.77. The molecule has 0 bridgehead atoms. The van der Waals surface area contributed by atoms with Crippen molar-refractivity contribution in [3.05, 3.63) is 63.1 Å². The van der Waals surface area contributed by atoms with E-state index in [4.69, 9.17) is 28.9 Å². The third-order valence-electron chi connectivity index (χ3n) is 8.16. The van der Waals surface area contributed by atoms with Gasteiger partial charge in [-0.25, -0.2) is 8.78 Å². The van der Waals surface area contributed by atoms with Crippen molar-refractivity contribution in [2.45, 2.75) is 49.9 Å². The quantitative estimate of drug-likeness (QED) is 0.452. The molecule has 2 aromatic carbocycles. The lowest BCUT2D eigenvalue weighted by Gasteiger charge is -2.48. The van der Waals surface area contributed by atoms with Crippen LogP contribution in [-0.4, -0.2) is 89.0 Å². The van der Waals surface area contributed by atoms with Gasteiger partial charge < -0.3 is 26.0 Å². The maximum absolute atomic E-state index is 13.7. The van der Waals surface area contributed by atoms with Gasteiger partial charge in [-0.1, -0.05) is 23.2 Å². The van der Waals surface area contributed by atoms with Gasteiger partial charge in [0.1, 0.15) is 11.6 Å². The summed E-state index contributed by atoms with van der Waals surface area (Å²) in [5.74, 6) is -2.46. The summed E-state index contributed by atoms with van der Waals surface area (Å²) in [5, 5.41) is 14.9. The van der Waals surface area contributed by atoms with Crippen LogP contribution in [0.4, 0.5) is 14.5 Å². The molecule has 0 spiro atoms. The first-order valence-corrected chi connectivity index (χ1v) is 14.2. The Morgan fingerprint density at radius 1 is 0.951 bits per heavy atom. The van der Waals surface area contributed by atoms with Crippen molar-refractivity contribution in [2.24, 2.45) is 5.73 Å². The number of likely N-dealkylation sites (tertiary alicyclic amines) is 3. The molecule has 224 valence electrons. The smallest absolute Gasteiger partial charge is 0.258 e. The predicted molar refractivity (Wildman–Crippen MR) is 160 cm³/mol. The average molecular weight is 631 g/mol. The number of nitrogens with zero attached hydrogens (tertiary/aromatic N) is 3. The number of carbonyl (C=O) groups excluding carboxylic acids is 2. The van der Waals surface area contributed by atoms with Crippen LogP contribution in [0, 0.1) is 11.6 Å². The molecule has 0 aliphatic carbocycles. The molecule has 4 N–H and O–H groups in total. The Hall–Kier alpha value is -2.15. The zero-order chi connectivity index (χ0) is 28.8. The first-order chi connectivity index (χ1) is 18.9. The van der Waals surface area contributed by atoms with Crippen molar-refractivity contribution in [3.63, 3.8) is 0 Å². The largest absolute Gasteiger partial charge is 0.380 e. The van der Waals surface area contributed by atoms with Crippen LogP contribution < -0.4 is 11.1 Å². The number of aliphatic hydroxyl groups is 1. The molecule has 8 nitrogen and oxygen atoms in total. The Morgan fingerprint density at radius 3 is 2.05 bits per heavy atom. The van der Waals surface area contributed by atoms with Gasteiger partial charge in [-0.2, -0.15) is 13.5 Å². The maximum atomic E-state index is 13.7. The molecule has 0 radical (unpaired) electrons. The van der Waals surface area contributed by atoms with Crippen molar-refractivity contribution in [3.8, 4) is 0 Å². The Bertz CT molecular complexity index is 1260. The molecule has 3 heterocycles. The minimum atomic E-state index is -2.02. The normalized spacial score (nSPS) is 21.7. The number of rotatable bonds is 6. The molecule has 3 fully saturated rings. The van der Waals surface area contributed by atoms with Crippen LogP contribution in [0.1, 0.15) is 42.1 Å². The van der Waals surface area contributed by atoms with E-state index >= 15 is 0 Å².